The molecule has 0 saturated heterocycles. The van der Waals surface area contributed by atoms with Crippen LogP contribution in [0.15, 0.2) is 42.9 Å². The van der Waals surface area contributed by atoms with Gasteiger partial charge in [-0.15, -0.1) is 0 Å². The number of fused-ring (bicyclic) bond motifs is 1. The van der Waals surface area contributed by atoms with Crippen molar-refractivity contribution in [1.29, 1.82) is 0 Å². The van der Waals surface area contributed by atoms with Gasteiger partial charge in [-0.25, -0.2) is 9.97 Å². The van der Waals surface area contributed by atoms with E-state index in [1.807, 2.05) is 30.3 Å². The third-order valence-electron chi connectivity index (χ3n) is 4.09. The number of pyridine rings is 1. The number of aromatic nitrogens is 3. The summed E-state index contributed by atoms with van der Waals surface area (Å²) in [6.45, 7) is 2.76. The molecular weight excluding hydrogens is 332 g/mol. The van der Waals surface area contributed by atoms with E-state index >= 15 is 0 Å². The Kier molecular flexibility index (Phi) is 5.21. The SMILES string of the molecule is CCCCN(C)c1ncnc(Nc2cccc3ncccc23)c1[N+](=O)[O-]. The van der Waals surface area contributed by atoms with Gasteiger partial charge in [0.05, 0.1) is 10.4 Å². The Hall–Kier alpha value is -3.29. The van der Waals surface area contributed by atoms with Gasteiger partial charge in [0.25, 0.3) is 0 Å². The van der Waals surface area contributed by atoms with Gasteiger partial charge in [0, 0.05) is 30.9 Å². The highest BCUT2D eigenvalue weighted by molar-refractivity contribution is 5.93. The summed E-state index contributed by atoms with van der Waals surface area (Å²) >= 11 is 0. The lowest BCUT2D eigenvalue weighted by molar-refractivity contribution is -0.383. The first-order chi connectivity index (χ1) is 12.6. The molecular formula is C18H20N6O2. The number of unbranched alkanes of at least 4 members (excludes halogenated alkanes) is 1. The quantitative estimate of drug-likeness (QED) is 0.508. The van der Waals surface area contributed by atoms with Gasteiger partial charge >= 0.3 is 5.69 Å². The van der Waals surface area contributed by atoms with Crippen molar-refractivity contribution >= 4 is 33.9 Å². The zero-order valence-electron chi connectivity index (χ0n) is 14.7. The molecule has 1 N–H and O–H groups in total. The van der Waals surface area contributed by atoms with Crippen molar-refractivity contribution in [2.75, 3.05) is 23.8 Å². The molecule has 8 nitrogen and oxygen atoms in total. The summed E-state index contributed by atoms with van der Waals surface area (Å²) in [5, 5.41) is 15.7. The molecule has 0 aliphatic heterocycles. The normalized spacial score (nSPS) is 10.7. The first kappa shape index (κ1) is 17.5. The molecule has 0 spiro atoms. The van der Waals surface area contributed by atoms with Crippen molar-refractivity contribution in [1.82, 2.24) is 15.0 Å². The molecule has 0 atom stereocenters. The molecule has 0 unspecified atom stereocenters. The predicted molar refractivity (Wildman–Crippen MR) is 102 cm³/mol. The molecule has 0 bridgehead atoms. The molecule has 8 heteroatoms. The summed E-state index contributed by atoms with van der Waals surface area (Å²) in [5.74, 6) is 0.471. The summed E-state index contributed by atoms with van der Waals surface area (Å²) in [6, 6.07) is 9.31. The fourth-order valence-corrected chi connectivity index (χ4v) is 2.75. The Morgan fingerprint density at radius 1 is 1.19 bits per heavy atom. The van der Waals surface area contributed by atoms with Crippen LogP contribution < -0.4 is 10.2 Å². The lowest BCUT2D eigenvalue weighted by Gasteiger charge is -2.18. The van der Waals surface area contributed by atoms with Crippen LogP contribution >= 0.6 is 0 Å². The third kappa shape index (κ3) is 3.53. The average molecular weight is 352 g/mol. The minimum absolute atomic E-state index is 0.132. The topological polar surface area (TPSA) is 97.1 Å². The van der Waals surface area contributed by atoms with Gasteiger partial charge in [0.15, 0.2) is 0 Å². The highest BCUT2D eigenvalue weighted by Gasteiger charge is 2.25. The van der Waals surface area contributed by atoms with Crippen molar-refractivity contribution < 1.29 is 4.92 Å². The second-order valence-corrected chi connectivity index (χ2v) is 5.93. The van der Waals surface area contributed by atoms with E-state index in [1.165, 1.54) is 6.33 Å². The molecule has 134 valence electrons. The molecule has 26 heavy (non-hydrogen) atoms. The second kappa shape index (κ2) is 7.73. The Bertz CT molecular complexity index is 925. The highest BCUT2D eigenvalue weighted by atomic mass is 16.6. The van der Waals surface area contributed by atoms with Crippen LogP contribution in [0.3, 0.4) is 0 Å². The standard InChI is InChI=1S/C18H20N6O2/c1-3-4-11-23(2)18-16(24(25)26)17(20-12-21-18)22-15-9-5-8-14-13(15)7-6-10-19-14/h5-10,12H,3-4,11H2,1-2H3,(H,20,21,22). The van der Waals surface area contributed by atoms with E-state index in [-0.39, 0.29) is 11.5 Å². The van der Waals surface area contributed by atoms with E-state index in [9.17, 15) is 10.1 Å². The zero-order valence-corrected chi connectivity index (χ0v) is 14.7. The van der Waals surface area contributed by atoms with E-state index in [0.29, 0.717) is 18.1 Å². The Morgan fingerprint density at radius 2 is 2.04 bits per heavy atom. The van der Waals surface area contributed by atoms with Crippen LogP contribution in [-0.4, -0.2) is 33.5 Å². The zero-order chi connectivity index (χ0) is 18.5. The molecule has 2 aromatic heterocycles. The number of nitrogens with zero attached hydrogens (tertiary/aromatic N) is 5. The molecule has 3 rings (SSSR count). The number of anilines is 3. The van der Waals surface area contributed by atoms with E-state index < -0.39 is 4.92 Å². The highest BCUT2D eigenvalue weighted by Crippen LogP contribution is 2.34. The molecule has 2 heterocycles. The van der Waals surface area contributed by atoms with Crippen LogP contribution in [-0.2, 0) is 0 Å². The van der Waals surface area contributed by atoms with Crippen molar-refractivity contribution in [3.63, 3.8) is 0 Å². The van der Waals surface area contributed by atoms with Gasteiger partial charge in [-0.1, -0.05) is 19.4 Å². The molecule has 0 fully saturated rings. The molecule has 0 aliphatic carbocycles. The van der Waals surface area contributed by atoms with Crippen molar-refractivity contribution in [3.8, 4) is 0 Å². The van der Waals surface area contributed by atoms with Gasteiger partial charge in [-0.2, -0.15) is 0 Å². The Morgan fingerprint density at radius 3 is 2.81 bits per heavy atom. The smallest absolute Gasteiger partial charge is 0.353 e. The van der Waals surface area contributed by atoms with E-state index in [2.05, 4.69) is 27.2 Å². The van der Waals surface area contributed by atoms with Crippen molar-refractivity contribution in [2.45, 2.75) is 19.8 Å². The molecule has 0 radical (unpaired) electrons. The van der Waals surface area contributed by atoms with Crippen LogP contribution in [0, 0.1) is 10.1 Å². The first-order valence-corrected chi connectivity index (χ1v) is 8.43. The van der Waals surface area contributed by atoms with E-state index in [1.54, 1.807) is 18.1 Å². The fraction of sp³-hybridized carbons (Fsp3) is 0.278. The lowest BCUT2D eigenvalue weighted by Crippen LogP contribution is -2.21. The maximum Gasteiger partial charge on any atom is 0.353 e. The van der Waals surface area contributed by atoms with E-state index in [4.69, 9.17) is 0 Å². The van der Waals surface area contributed by atoms with Gasteiger partial charge in [0.1, 0.15) is 6.33 Å². The summed E-state index contributed by atoms with van der Waals surface area (Å²) < 4.78 is 0. The van der Waals surface area contributed by atoms with Crippen LogP contribution in [0.1, 0.15) is 19.8 Å². The molecule has 0 aliphatic rings. The van der Waals surface area contributed by atoms with Crippen LogP contribution in [0.2, 0.25) is 0 Å². The minimum Gasteiger partial charge on any atom is -0.354 e. The van der Waals surface area contributed by atoms with Crippen LogP contribution in [0.25, 0.3) is 10.9 Å². The average Bonchev–Trinajstić information content (AvgIpc) is 2.66. The number of hydrogen-bond donors (Lipinski definition) is 1. The van der Waals surface area contributed by atoms with Gasteiger partial charge in [-0.05, 0) is 30.7 Å². The maximum absolute atomic E-state index is 11.7. The summed E-state index contributed by atoms with van der Waals surface area (Å²) in [5.41, 5.74) is 1.38. The number of nitrogens with one attached hydrogen (secondary N) is 1. The molecule has 0 amide bonds. The minimum atomic E-state index is -0.441. The monoisotopic (exact) mass is 352 g/mol. The molecule has 0 saturated carbocycles. The summed E-state index contributed by atoms with van der Waals surface area (Å²) in [4.78, 5) is 25.6. The molecule has 3 aromatic rings. The Labute approximate surface area is 151 Å². The van der Waals surface area contributed by atoms with Crippen LogP contribution in [0.4, 0.5) is 23.0 Å². The Balaban J connectivity index is 2.03. The van der Waals surface area contributed by atoms with Gasteiger partial charge in [0.2, 0.25) is 11.6 Å². The van der Waals surface area contributed by atoms with Crippen molar-refractivity contribution in [2.24, 2.45) is 0 Å². The maximum atomic E-state index is 11.7. The summed E-state index contributed by atoms with van der Waals surface area (Å²) in [7, 11) is 1.80. The van der Waals surface area contributed by atoms with Crippen molar-refractivity contribution in [3.05, 3.63) is 53.0 Å². The first-order valence-electron chi connectivity index (χ1n) is 8.43. The largest absolute Gasteiger partial charge is 0.354 e. The van der Waals surface area contributed by atoms with Gasteiger partial charge in [-0.3, -0.25) is 15.1 Å². The van der Waals surface area contributed by atoms with E-state index in [0.717, 1.165) is 23.7 Å². The second-order valence-electron chi connectivity index (χ2n) is 5.93. The van der Waals surface area contributed by atoms with Crippen LogP contribution in [0.5, 0.6) is 0 Å². The lowest BCUT2D eigenvalue weighted by atomic mass is 10.2. The summed E-state index contributed by atoms with van der Waals surface area (Å²) in [6.07, 6.45) is 4.98. The predicted octanol–water partition coefficient (Wildman–Crippen LogP) is 3.91. The molecule has 1 aromatic carbocycles. The number of hydrogen-bond acceptors (Lipinski definition) is 7. The number of benzene rings is 1. The third-order valence-corrected chi connectivity index (χ3v) is 4.09. The number of rotatable bonds is 7. The fourth-order valence-electron chi connectivity index (χ4n) is 2.75. The number of nitro groups is 1. The van der Waals surface area contributed by atoms with Gasteiger partial charge < -0.3 is 10.2 Å².